The number of nitrogens with zero attached hydrogens (tertiary/aromatic N) is 2. The molecule has 4 rings (SSSR count). The highest BCUT2D eigenvalue weighted by atomic mass is 32.2. The molecule has 6 nitrogen and oxygen atoms in total. The maximum absolute atomic E-state index is 13.3. The molecule has 33 heavy (non-hydrogen) atoms. The molecule has 0 bridgehead atoms. The molecule has 0 radical (unpaired) electrons. The molecule has 1 heterocycles. The van der Waals surface area contributed by atoms with Gasteiger partial charge in [0.15, 0.2) is 17.2 Å². The average Bonchev–Trinajstić information content (AvgIpc) is 3.31. The number of hydrogen-bond donors (Lipinski definition) is 1. The van der Waals surface area contributed by atoms with E-state index in [0.717, 1.165) is 22.7 Å². The van der Waals surface area contributed by atoms with Crippen molar-refractivity contribution in [3.05, 3.63) is 90.3 Å². The van der Waals surface area contributed by atoms with Crippen LogP contribution in [-0.2, 0) is 5.75 Å². The van der Waals surface area contributed by atoms with E-state index in [1.807, 2.05) is 79.0 Å². The molecule has 0 aliphatic rings. The second-order valence-electron chi connectivity index (χ2n) is 7.33. The van der Waals surface area contributed by atoms with Crippen LogP contribution in [0.4, 0.5) is 5.69 Å². The van der Waals surface area contributed by atoms with E-state index in [1.165, 1.54) is 5.56 Å². The Labute approximate surface area is 197 Å². The predicted octanol–water partition coefficient (Wildman–Crippen LogP) is 5.67. The van der Waals surface area contributed by atoms with Gasteiger partial charge >= 0.3 is 0 Å². The van der Waals surface area contributed by atoms with Gasteiger partial charge in [-0.25, -0.2) is 4.68 Å². The lowest BCUT2D eigenvalue weighted by Crippen LogP contribution is -2.14. The van der Waals surface area contributed by atoms with Crippen LogP contribution in [0.1, 0.15) is 16.1 Å². The van der Waals surface area contributed by atoms with Crippen LogP contribution < -0.4 is 14.8 Å². The molecule has 0 saturated heterocycles. The van der Waals surface area contributed by atoms with Crippen LogP contribution in [0.3, 0.4) is 0 Å². The molecule has 0 unspecified atom stereocenters. The summed E-state index contributed by atoms with van der Waals surface area (Å²) in [5.41, 5.74) is 4.60. The number of carbonyl (C=O) groups is 1. The van der Waals surface area contributed by atoms with Gasteiger partial charge in [0, 0.05) is 23.2 Å². The van der Waals surface area contributed by atoms with E-state index in [1.54, 1.807) is 30.7 Å². The zero-order valence-corrected chi connectivity index (χ0v) is 19.6. The maximum atomic E-state index is 13.3. The van der Waals surface area contributed by atoms with Crippen LogP contribution in [0, 0.1) is 0 Å². The van der Waals surface area contributed by atoms with Crippen LogP contribution in [0.2, 0.25) is 0 Å². The molecule has 1 amide bonds. The van der Waals surface area contributed by atoms with Crippen molar-refractivity contribution in [2.75, 3.05) is 25.8 Å². The van der Waals surface area contributed by atoms with Gasteiger partial charge in [0.25, 0.3) is 5.91 Å². The summed E-state index contributed by atoms with van der Waals surface area (Å²) in [6.45, 7) is 0. The van der Waals surface area contributed by atoms with Crippen molar-refractivity contribution in [3.63, 3.8) is 0 Å². The Kier molecular flexibility index (Phi) is 7.00. The first kappa shape index (κ1) is 22.5. The zero-order valence-electron chi connectivity index (χ0n) is 18.7. The van der Waals surface area contributed by atoms with Crippen molar-refractivity contribution in [1.82, 2.24) is 9.78 Å². The molecule has 4 aromatic rings. The normalized spacial score (nSPS) is 10.6. The lowest BCUT2D eigenvalue weighted by atomic mass is 10.1. The van der Waals surface area contributed by atoms with Crippen LogP contribution in [-0.4, -0.2) is 36.2 Å². The molecular formula is C26H25N3O3S. The van der Waals surface area contributed by atoms with E-state index >= 15 is 0 Å². The lowest BCUT2D eigenvalue weighted by Gasteiger charge is -2.10. The van der Waals surface area contributed by atoms with Gasteiger partial charge in [-0.15, -0.1) is 0 Å². The molecule has 0 fully saturated rings. The summed E-state index contributed by atoms with van der Waals surface area (Å²) in [4.78, 5) is 13.3. The highest BCUT2D eigenvalue weighted by molar-refractivity contribution is 7.97. The third-order valence-corrected chi connectivity index (χ3v) is 5.79. The topological polar surface area (TPSA) is 65.4 Å². The number of ether oxygens (including phenoxy) is 2. The molecule has 1 N–H and O–H groups in total. The van der Waals surface area contributed by atoms with Gasteiger partial charge < -0.3 is 14.8 Å². The number of aromatic nitrogens is 2. The van der Waals surface area contributed by atoms with E-state index < -0.39 is 0 Å². The molecule has 7 heteroatoms. The SMILES string of the molecule is COc1ccc(-c2cn(-c3ccccc3)nc2C(=O)Nc2ccc(CSC)cc2)cc1OC. The monoisotopic (exact) mass is 459 g/mol. The number of hydrogen-bond acceptors (Lipinski definition) is 5. The first-order valence-corrected chi connectivity index (χ1v) is 11.8. The molecule has 0 atom stereocenters. The molecule has 0 aliphatic carbocycles. The van der Waals surface area contributed by atoms with Gasteiger partial charge in [0.1, 0.15) is 0 Å². The molecule has 0 saturated carbocycles. The number of carbonyl (C=O) groups excluding carboxylic acids is 1. The van der Waals surface area contributed by atoms with Crippen molar-refractivity contribution in [3.8, 4) is 28.3 Å². The number of methoxy groups -OCH3 is 2. The highest BCUT2D eigenvalue weighted by Crippen LogP contribution is 2.34. The van der Waals surface area contributed by atoms with Crippen LogP contribution in [0.25, 0.3) is 16.8 Å². The van der Waals surface area contributed by atoms with E-state index in [0.29, 0.717) is 22.8 Å². The summed E-state index contributed by atoms with van der Waals surface area (Å²) in [5.74, 6) is 1.84. The number of nitrogens with one attached hydrogen (secondary N) is 1. The van der Waals surface area contributed by atoms with Gasteiger partial charge in [-0.05, 0) is 53.8 Å². The molecule has 0 aliphatic heterocycles. The Morgan fingerprint density at radius 2 is 1.70 bits per heavy atom. The van der Waals surface area contributed by atoms with Gasteiger partial charge in [0.05, 0.1) is 19.9 Å². The van der Waals surface area contributed by atoms with Gasteiger partial charge in [-0.1, -0.05) is 36.4 Å². The van der Waals surface area contributed by atoms with Gasteiger partial charge in [-0.3, -0.25) is 4.79 Å². The van der Waals surface area contributed by atoms with Gasteiger partial charge in [0.2, 0.25) is 0 Å². The minimum Gasteiger partial charge on any atom is -0.493 e. The van der Waals surface area contributed by atoms with Crippen molar-refractivity contribution in [1.29, 1.82) is 0 Å². The van der Waals surface area contributed by atoms with Crippen molar-refractivity contribution in [2.24, 2.45) is 0 Å². The highest BCUT2D eigenvalue weighted by Gasteiger charge is 2.20. The van der Waals surface area contributed by atoms with Gasteiger partial charge in [-0.2, -0.15) is 16.9 Å². The van der Waals surface area contributed by atoms with E-state index in [9.17, 15) is 4.79 Å². The smallest absolute Gasteiger partial charge is 0.276 e. The van der Waals surface area contributed by atoms with E-state index in [2.05, 4.69) is 16.7 Å². The van der Waals surface area contributed by atoms with Crippen LogP contribution in [0.5, 0.6) is 11.5 Å². The van der Waals surface area contributed by atoms with E-state index in [-0.39, 0.29) is 5.91 Å². The third kappa shape index (κ3) is 5.04. The number of rotatable bonds is 8. The lowest BCUT2D eigenvalue weighted by molar-refractivity contribution is 0.102. The molecular weight excluding hydrogens is 434 g/mol. The molecule has 3 aromatic carbocycles. The second kappa shape index (κ2) is 10.3. The molecule has 1 aromatic heterocycles. The number of thioether (sulfide) groups is 1. The predicted molar refractivity (Wildman–Crippen MR) is 134 cm³/mol. The van der Waals surface area contributed by atoms with Crippen molar-refractivity contribution < 1.29 is 14.3 Å². The Morgan fingerprint density at radius 3 is 2.36 bits per heavy atom. The van der Waals surface area contributed by atoms with E-state index in [4.69, 9.17) is 9.47 Å². The number of para-hydroxylation sites is 1. The Morgan fingerprint density at radius 1 is 0.970 bits per heavy atom. The summed E-state index contributed by atoms with van der Waals surface area (Å²) in [5, 5.41) is 7.60. The second-order valence-corrected chi connectivity index (χ2v) is 8.19. The standard InChI is InChI=1S/C26H25N3O3S/c1-31-23-14-11-19(15-24(23)32-2)22-16-29(21-7-5-4-6-8-21)28-25(22)26(30)27-20-12-9-18(10-13-20)17-33-3/h4-16H,17H2,1-3H3,(H,27,30). The van der Waals surface area contributed by atoms with Crippen molar-refractivity contribution in [2.45, 2.75) is 5.75 Å². The fourth-order valence-corrected chi connectivity index (χ4v) is 4.04. The minimum absolute atomic E-state index is 0.285. The first-order valence-electron chi connectivity index (χ1n) is 10.4. The number of anilines is 1. The number of benzene rings is 3. The summed E-state index contributed by atoms with van der Waals surface area (Å²) >= 11 is 1.76. The summed E-state index contributed by atoms with van der Waals surface area (Å²) in [7, 11) is 3.18. The Balaban J connectivity index is 1.73. The Bertz CT molecular complexity index is 1240. The zero-order chi connectivity index (χ0) is 23.2. The fraction of sp³-hybridized carbons (Fsp3) is 0.154. The largest absolute Gasteiger partial charge is 0.493 e. The average molecular weight is 460 g/mol. The summed E-state index contributed by atoms with van der Waals surface area (Å²) in [6, 6.07) is 23.1. The Hall–Kier alpha value is -3.71. The minimum atomic E-state index is -0.285. The summed E-state index contributed by atoms with van der Waals surface area (Å²) < 4.78 is 12.5. The number of amides is 1. The fourth-order valence-electron chi connectivity index (χ4n) is 3.51. The first-order chi connectivity index (χ1) is 16.1. The van der Waals surface area contributed by atoms with Crippen molar-refractivity contribution >= 4 is 23.4 Å². The molecule has 168 valence electrons. The molecule has 0 spiro atoms. The van der Waals surface area contributed by atoms with Crippen LogP contribution in [0.15, 0.2) is 79.0 Å². The maximum Gasteiger partial charge on any atom is 0.276 e. The van der Waals surface area contributed by atoms with Crippen LogP contribution >= 0.6 is 11.8 Å². The summed E-state index contributed by atoms with van der Waals surface area (Å²) in [6.07, 6.45) is 3.92. The third-order valence-electron chi connectivity index (χ3n) is 5.17. The quantitative estimate of drug-likeness (QED) is 0.368.